The van der Waals surface area contributed by atoms with Gasteiger partial charge in [-0.05, 0) is 74.0 Å². The van der Waals surface area contributed by atoms with Gasteiger partial charge in [-0.25, -0.2) is 0 Å². The maximum atomic E-state index is 12.7. The third kappa shape index (κ3) is 7.12. The van der Waals surface area contributed by atoms with Gasteiger partial charge in [0.15, 0.2) is 0 Å². The van der Waals surface area contributed by atoms with Crippen molar-refractivity contribution in [3.05, 3.63) is 63.4 Å². The number of carbonyl (C=O) groups excluding carboxylic acids is 1. The lowest BCUT2D eigenvalue weighted by molar-refractivity contribution is -0.126. The lowest BCUT2D eigenvalue weighted by Gasteiger charge is -2.30. The molecule has 2 heterocycles. The summed E-state index contributed by atoms with van der Waals surface area (Å²) in [6, 6.07) is 13.0. The van der Waals surface area contributed by atoms with E-state index in [1.54, 1.807) is 30.0 Å². The van der Waals surface area contributed by atoms with Crippen LogP contribution in [0.1, 0.15) is 25.2 Å². The molecule has 0 radical (unpaired) electrons. The van der Waals surface area contributed by atoms with Crippen molar-refractivity contribution in [2.75, 3.05) is 25.4 Å². The van der Waals surface area contributed by atoms with Crippen molar-refractivity contribution >= 4 is 52.5 Å². The van der Waals surface area contributed by atoms with Crippen LogP contribution in [-0.4, -0.2) is 46.3 Å². The summed E-state index contributed by atoms with van der Waals surface area (Å²) >= 11 is 19.9. The Hall–Kier alpha value is -1.77. The lowest BCUT2D eigenvalue weighted by Crippen LogP contribution is -2.43. The summed E-state index contributed by atoms with van der Waals surface area (Å²) in [7, 11) is 0. The molecule has 0 spiro atoms. The highest BCUT2D eigenvalue weighted by atomic mass is 35.5. The first-order valence-corrected chi connectivity index (χ1v) is 13.3. The van der Waals surface area contributed by atoms with Crippen molar-refractivity contribution in [1.82, 2.24) is 20.4 Å². The molecular weight excluding hydrogens is 515 g/mol. The largest absolute Gasteiger partial charge is 0.356 e. The second kappa shape index (κ2) is 12.3. The maximum absolute atomic E-state index is 12.7. The van der Waals surface area contributed by atoms with Crippen LogP contribution in [0.2, 0.25) is 15.1 Å². The van der Waals surface area contributed by atoms with Crippen LogP contribution < -0.4 is 5.32 Å². The van der Waals surface area contributed by atoms with Crippen LogP contribution in [0.15, 0.2) is 51.9 Å². The monoisotopic (exact) mass is 538 g/mol. The van der Waals surface area contributed by atoms with Crippen molar-refractivity contribution in [3.8, 4) is 11.4 Å². The van der Waals surface area contributed by atoms with E-state index in [0.717, 1.165) is 36.6 Å². The second-order valence-electron chi connectivity index (χ2n) is 8.16. The van der Waals surface area contributed by atoms with E-state index in [9.17, 15) is 4.79 Å². The van der Waals surface area contributed by atoms with Crippen molar-refractivity contribution in [2.45, 2.75) is 30.7 Å². The Morgan fingerprint density at radius 3 is 2.74 bits per heavy atom. The smallest absolute Gasteiger partial charge is 0.241 e. The van der Waals surface area contributed by atoms with E-state index in [2.05, 4.69) is 20.4 Å². The van der Waals surface area contributed by atoms with Gasteiger partial charge in [0, 0.05) is 33.6 Å². The predicted octanol–water partition coefficient (Wildman–Crippen LogP) is 6.21. The van der Waals surface area contributed by atoms with E-state index in [0.29, 0.717) is 47.0 Å². The SMILES string of the molecule is O=C(NCCCSc1ccc(Cl)cc1)C1CCCN(Cc2nc(-c3ccc(Cl)cc3Cl)no2)C1. The number of amides is 1. The fourth-order valence-corrected chi connectivity index (χ4v) is 5.32. The molecule has 1 N–H and O–H groups in total. The molecule has 180 valence electrons. The first kappa shape index (κ1) is 25.3. The Labute approximate surface area is 218 Å². The first-order valence-electron chi connectivity index (χ1n) is 11.1. The molecule has 3 aromatic rings. The second-order valence-corrected chi connectivity index (χ2v) is 10.6. The van der Waals surface area contributed by atoms with Gasteiger partial charge in [0.05, 0.1) is 17.5 Å². The number of nitrogens with one attached hydrogen (secondary N) is 1. The highest BCUT2D eigenvalue weighted by Gasteiger charge is 2.26. The van der Waals surface area contributed by atoms with Crippen molar-refractivity contribution in [1.29, 1.82) is 0 Å². The van der Waals surface area contributed by atoms with E-state index in [4.69, 9.17) is 39.3 Å². The normalized spacial score (nSPS) is 16.5. The summed E-state index contributed by atoms with van der Waals surface area (Å²) in [5.74, 6) is 1.95. The molecule has 1 amide bonds. The predicted molar refractivity (Wildman–Crippen MR) is 138 cm³/mol. The molecule has 2 aromatic carbocycles. The van der Waals surface area contributed by atoms with E-state index in [1.807, 2.05) is 24.3 Å². The van der Waals surface area contributed by atoms with E-state index in [-0.39, 0.29) is 11.8 Å². The molecule has 0 bridgehead atoms. The van der Waals surface area contributed by atoms with Crippen molar-refractivity contribution < 1.29 is 9.32 Å². The van der Waals surface area contributed by atoms with Crippen LogP contribution >= 0.6 is 46.6 Å². The van der Waals surface area contributed by atoms with Crippen LogP contribution in [0.25, 0.3) is 11.4 Å². The van der Waals surface area contributed by atoms with Crippen LogP contribution in [0.4, 0.5) is 0 Å². The number of carbonyl (C=O) groups is 1. The van der Waals surface area contributed by atoms with Crippen LogP contribution in [0, 0.1) is 5.92 Å². The zero-order valence-electron chi connectivity index (χ0n) is 18.5. The molecule has 4 rings (SSSR count). The van der Waals surface area contributed by atoms with E-state index < -0.39 is 0 Å². The number of rotatable bonds is 9. The van der Waals surface area contributed by atoms with Gasteiger partial charge in [-0.1, -0.05) is 40.0 Å². The average Bonchev–Trinajstić information content (AvgIpc) is 3.28. The molecule has 1 atom stereocenters. The first-order chi connectivity index (χ1) is 16.5. The molecule has 0 saturated carbocycles. The summed E-state index contributed by atoms with van der Waals surface area (Å²) in [5, 5.41) is 8.91. The molecule has 0 aliphatic carbocycles. The fourth-order valence-electron chi connectivity index (χ4n) is 3.85. The van der Waals surface area contributed by atoms with Crippen LogP contribution in [-0.2, 0) is 11.3 Å². The summed E-state index contributed by atoms with van der Waals surface area (Å²) in [6.45, 7) is 2.73. The number of thioether (sulfide) groups is 1. The van der Waals surface area contributed by atoms with Crippen LogP contribution in [0.5, 0.6) is 0 Å². The number of piperidine rings is 1. The molecule has 34 heavy (non-hydrogen) atoms. The molecule has 1 aliphatic heterocycles. The Balaban J connectivity index is 1.21. The summed E-state index contributed by atoms with van der Waals surface area (Å²) in [4.78, 5) is 20.5. The summed E-state index contributed by atoms with van der Waals surface area (Å²) in [5.41, 5.74) is 0.672. The highest BCUT2D eigenvalue weighted by molar-refractivity contribution is 7.99. The van der Waals surface area contributed by atoms with Crippen molar-refractivity contribution in [3.63, 3.8) is 0 Å². The molecule has 1 fully saturated rings. The number of halogens is 3. The fraction of sp³-hybridized carbons (Fsp3) is 0.375. The van der Waals surface area contributed by atoms with Gasteiger partial charge in [-0.15, -0.1) is 11.8 Å². The minimum atomic E-state index is -0.0363. The van der Waals surface area contributed by atoms with E-state index >= 15 is 0 Å². The third-order valence-electron chi connectivity index (χ3n) is 5.58. The van der Waals surface area contributed by atoms with E-state index in [1.165, 1.54) is 4.90 Å². The Kier molecular flexibility index (Phi) is 9.14. The maximum Gasteiger partial charge on any atom is 0.241 e. The molecular formula is C24H25Cl3N4O2S. The van der Waals surface area contributed by atoms with Crippen molar-refractivity contribution in [2.24, 2.45) is 5.92 Å². The molecule has 1 unspecified atom stereocenters. The van der Waals surface area contributed by atoms with Gasteiger partial charge < -0.3 is 9.84 Å². The Bertz CT molecular complexity index is 1110. The quantitative estimate of drug-likeness (QED) is 0.258. The zero-order valence-corrected chi connectivity index (χ0v) is 21.6. The van der Waals surface area contributed by atoms with Crippen LogP contribution in [0.3, 0.4) is 0 Å². The van der Waals surface area contributed by atoms with Gasteiger partial charge in [-0.3, -0.25) is 9.69 Å². The van der Waals surface area contributed by atoms with Gasteiger partial charge in [0.1, 0.15) is 0 Å². The topological polar surface area (TPSA) is 71.3 Å². The third-order valence-corrected chi connectivity index (χ3v) is 7.48. The molecule has 1 aromatic heterocycles. The number of hydrogen-bond donors (Lipinski definition) is 1. The van der Waals surface area contributed by atoms with Gasteiger partial charge in [0.25, 0.3) is 0 Å². The minimum absolute atomic E-state index is 0.0363. The zero-order chi connectivity index (χ0) is 23.9. The molecule has 6 nitrogen and oxygen atoms in total. The average molecular weight is 540 g/mol. The minimum Gasteiger partial charge on any atom is -0.356 e. The Morgan fingerprint density at radius 2 is 1.94 bits per heavy atom. The van der Waals surface area contributed by atoms with Gasteiger partial charge in [0.2, 0.25) is 17.6 Å². The Morgan fingerprint density at radius 1 is 1.15 bits per heavy atom. The molecule has 1 aliphatic rings. The molecule has 1 saturated heterocycles. The summed E-state index contributed by atoms with van der Waals surface area (Å²) in [6.07, 6.45) is 2.75. The number of benzene rings is 2. The number of likely N-dealkylation sites (tertiary alicyclic amines) is 1. The summed E-state index contributed by atoms with van der Waals surface area (Å²) < 4.78 is 5.43. The highest BCUT2D eigenvalue weighted by Crippen LogP contribution is 2.29. The van der Waals surface area contributed by atoms with Gasteiger partial charge >= 0.3 is 0 Å². The lowest BCUT2D eigenvalue weighted by atomic mass is 9.97. The number of nitrogens with zero attached hydrogens (tertiary/aromatic N) is 3. The number of hydrogen-bond acceptors (Lipinski definition) is 6. The van der Waals surface area contributed by atoms with Gasteiger partial charge in [-0.2, -0.15) is 4.98 Å². The number of aromatic nitrogens is 2. The standard InChI is InChI=1S/C24H25Cl3N4O2S/c25-17-4-7-19(8-5-17)34-12-2-10-28-24(32)16-3-1-11-31(14-16)15-22-29-23(30-33-22)20-9-6-18(26)13-21(20)27/h4-9,13,16H,1-3,10-12,14-15H2,(H,28,32). The molecule has 10 heteroatoms.